The molecule has 3 aromatic carbocycles. The number of anilines is 1. The van der Waals surface area contributed by atoms with E-state index in [1.807, 2.05) is 60.7 Å². The molecular formula is C29H31N2O5S2-. The lowest BCUT2D eigenvalue weighted by Gasteiger charge is -2.36. The van der Waals surface area contributed by atoms with Crippen LogP contribution in [0.1, 0.15) is 40.2 Å². The van der Waals surface area contributed by atoms with Crippen LogP contribution in [0.25, 0.3) is 21.3 Å². The normalized spacial score (nSPS) is 13.3. The summed E-state index contributed by atoms with van der Waals surface area (Å²) in [6, 6.07) is 22.0. The van der Waals surface area contributed by atoms with E-state index in [9.17, 15) is 13.6 Å². The Hall–Kier alpha value is -3.27. The average molecular weight is 552 g/mol. The topological polar surface area (TPSA) is 91.8 Å². The Morgan fingerprint density at radius 3 is 2.16 bits per heavy atom. The van der Waals surface area contributed by atoms with Gasteiger partial charge in [0.05, 0.1) is 10.2 Å². The number of fused-ring (bicyclic) bond motifs is 1. The molecule has 9 heteroatoms. The van der Waals surface area contributed by atoms with Crippen LogP contribution in [0.3, 0.4) is 0 Å². The summed E-state index contributed by atoms with van der Waals surface area (Å²) in [5.74, 6) is -0.871. The van der Waals surface area contributed by atoms with Gasteiger partial charge in [-0.15, -0.1) is 0 Å². The minimum Gasteiger partial charge on any atom is -0.755 e. The maximum absolute atomic E-state index is 12.9. The Balaban J connectivity index is 1.47. The zero-order chi connectivity index (χ0) is 27.4. The van der Waals surface area contributed by atoms with Crippen molar-refractivity contribution in [2.75, 3.05) is 4.31 Å². The summed E-state index contributed by atoms with van der Waals surface area (Å²) < 4.78 is 38.0. The lowest BCUT2D eigenvalue weighted by Crippen LogP contribution is -2.48. The molecule has 4 rings (SSSR count). The number of ether oxygens (including phenoxy) is 2. The van der Waals surface area contributed by atoms with Crippen LogP contribution in [0.2, 0.25) is 0 Å². The fourth-order valence-electron chi connectivity index (χ4n) is 3.99. The van der Waals surface area contributed by atoms with E-state index in [4.69, 9.17) is 9.47 Å². The quantitative estimate of drug-likeness (QED) is 0.174. The molecule has 2 unspecified atom stereocenters. The van der Waals surface area contributed by atoms with Gasteiger partial charge >= 0.3 is 5.97 Å². The molecule has 1 heterocycles. The van der Waals surface area contributed by atoms with Crippen molar-refractivity contribution in [3.05, 3.63) is 78.4 Å². The number of hydrogen-bond acceptors (Lipinski definition) is 7. The highest BCUT2D eigenvalue weighted by molar-refractivity contribution is 7.80. The van der Waals surface area contributed by atoms with Gasteiger partial charge in [-0.1, -0.05) is 73.7 Å². The SMILES string of the molecule is CC(C)C(C(=O)OC(C)(C)C)N(c1ccc(-c2ccc(COc3nc4ccccc4s3)cc2)cc1)S(=O)[O-]. The minimum absolute atomic E-state index is 0.292. The fraction of sp³-hybridized carbons (Fsp3) is 0.310. The number of carbonyl (C=O) groups excluding carboxylic acids is 1. The van der Waals surface area contributed by atoms with Crippen LogP contribution in [-0.2, 0) is 27.4 Å². The lowest BCUT2D eigenvalue weighted by molar-refractivity contribution is -0.157. The maximum atomic E-state index is 12.9. The monoisotopic (exact) mass is 551 g/mol. The van der Waals surface area contributed by atoms with E-state index in [0.29, 0.717) is 17.5 Å². The van der Waals surface area contributed by atoms with Crippen LogP contribution in [0, 0.1) is 5.92 Å². The smallest absolute Gasteiger partial charge is 0.330 e. The summed E-state index contributed by atoms with van der Waals surface area (Å²) in [5.41, 5.74) is 3.50. The number of benzene rings is 3. The molecule has 200 valence electrons. The molecule has 0 bridgehead atoms. The van der Waals surface area contributed by atoms with Crippen molar-refractivity contribution in [2.45, 2.75) is 52.9 Å². The third-order valence-corrected chi connectivity index (χ3v) is 7.45. The summed E-state index contributed by atoms with van der Waals surface area (Å²) in [7, 11) is 0. The third-order valence-electron chi connectivity index (χ3n) is 5.74. The summed E-state index contributed by atoms with van der Waals surface area (Å²) in [6.07, 6.45) is 0. The van der Waals surface area contributed by atoms with Gasteiger partial charge in [0.25, 0.3) is 5.19 Å². The third kappa shape index (κ3) is 6.78. The van der Waals surface area contributed by atoms with E-state index < -0.39 is 28.9 Å². The van der Waals surface area contributed by atoms with Crippen molar-refractivity contribution in [3.8, 4) is 16.3 Å². The standard InChI is InChI=1S/C29H32N2O5S2/c1-19(2)26(27(32)36-29(3,4)5)31(38(33)34)23-16-14-22(15-17-23)21-12-10-20(11-13-21)18-35-28-30-24-8-6-7-9-25(24)37-28/h6-17,19,26H,18H2,1-5H3,(H,33,34)/p-1. The number of rotatable bonds is 9. The second-order valence-electron chi connectivity index (χ2n) is 10.2. The molecule has 0 saturated heterocycles. The van der Waals surface area contributed by atoms with E-state index in [1.54, 1.807) is 46.8 Å². The Kier molecular flexibility index (Phi) is 8.50. The van der Waals surface area contributed by atoms with Crippen LogP contribution in [0.4, 0.5) is 5.69 Å². The average Bonchev–Trinajstić information content (AvgIpc) is 3.28. The Labute approximate surface area is 229 Å². The molecule has 1 aromatic heterocycles. The van der Waals surface area contributed by atoms with Crippen LogP contribution < -0.4 is 9.04 Å². The molecule has 0 saturated carbocycles. The second kappa shape index (κ2) is 11.6. The molecule has 4 aromatic rings. The molecule has 0 aliphatic rings. The van der Waals surface area contributed by atoms with Crippen molar-refractivity contribution in [1.82, 2.24) is 4.98 Å². The van der Waals surface area contributed by atoms with Gasteiger partial charge in [-0.05, 0) is 67.6 Å². The predicted molar refractivity (Wildman–Crippen MR) is 152 cm³/mol. The van der Waals surface area contributed by atoms with E-state index in [0.717, 1.165) is 31.2 Å². The van der Waals surface area contributed by atoms with Crippen molar-refractivity contribution in [2.24, 2.45) is 5.92 Å². The van der Waals surface area contributed by atoms with E-state index in [1.165, 1.54) is 11.3 Å². The maximum Gasteiger partial charge on any atom is 0.330 e. The van der Waals surface area contributed by atoms with Gasteiger partial charge in [-0.3, -0.25) is 8.51 Å². The number of thiazole rings is 1. The Morgan fingerprint density at radius 1 is 1.00 bits per heavy atom. The van der Waals surface area contributed by atoms with Crippen molar-refractivity contribution < 1.29 is 23.0 Å². The number of para-hydroxylation sites is 1. The first-order valence-electron chi connectivity index (χ1n) is 12.3. The van der Waals surface area contributed by atoms with E-state index >= 15 is 0 Å². The molecule has 0 spiro atoms. The minimum atomic E-state index is -2.67. The van der Waals surface area contributed by atoms with Crippen LogP contribution >= 0.6 is 11.3 Å². The Morgan fingerprint density at radius 2 is 1.61 bits per heavy atom. The number of hydrogen-bond donors (Lipinski definition) is 0. The first kappa shape index (κ1) is 27.8. The number of nitrogens with zero attached hydrogens (tertiary/aromatic N) is 2. The van der Waals surface area contributed by atoms with Crippen molar-refractivity contribution >= 4 is 44.5 Å². The highest BCUT2D eigenvalue weighted by Crippen LogP contribution is 2.30. The summed E-state index contributed by atoms with van der Waals surface area (Å²) >= 11 is -1.15. The molecular weight excluding hydrogens is 520 g/mol. The first-order valence-corrected chi connectivity index (χ1v) is 14.2. The molecule has 38 heavy (non-hydrogen) atoms. The van der Waals surface area contributed by atoms with Gasteiger partial charge in [0, 0.05) is 17.0 Å². The van der Waals surface area contributed by atoms with Gasteiger partial charge in [0.1, 0.15) is 18.2 Å². The highest BCUT2D eigenvalue weighted by Gasteiger charge is 2.34. The molecule has 0 aliphatic carbocycles. The zero-order valence-corrected chi connectivity index (χ0v) is 23.7. The van der Waals surface area contributed by atoms with Gasteiger partial charge in [-0.25, -0.2) is 9.78 Å². The van der Waals surface area contributed by atoms with Crippen molar-refractivity contribution in [1.29, 1.82) is 0 Å². The Bertz CT molecular complexity index is 1380. The van der Waals surface area contributed by atoms with Gasteiger partial charge < -0.3 is 14.0 Å². The molecule has 2 atom stereocenters. The summed E-state index contributed by atoms with van der Waals surface area (Å²) in [4.78, 5) is 17.4. The zero-order valence-electron chi connectivity index (χ0n) is 22.0. The molecule has 0 amide bonds. The predicted octanol–water partition coefficient (Wildman–Crippen LogP) is 6.51. The lowest BCUT2D eigenvalue weighted by atomic mass is 10.0. The molecule has 0 N–H and O–H groups in total. The van der Waals surface area contributed by atoms with Crippen molar-refractivity contribution in [3.63, 3.8) is 0 Å². The van der Waals surface area contributed by atoms with Gasteiger partial charge in [0.15, 0.2) is 0 Å². The first-order chi connectivity index (χ1) is 18.0. The summed E-state index contributed by atoms with van der Waals surface area (Å²) in [6.45, 7) is 9.27. The fourth-order valence-corrected chi connectivity index (χ4v) is 5.62. The van der Waals surface area contributed by atoms with Gasteiger partial charge in [0.2, 0.25) is 0 Å². The number of aromatic nitrogens is 1. The van der Waals surface area contributed by atoms with Crippen LogP contribution in [0.5, 0.6) is 5.19 Å². The second-order valence-corrected chi connectivity index (χ2v) is 12.1. The highest BCUT2D eigenvalue weighted by atomic mass is 32.2. The van der Waals surface area contributed by atoms with E-state index in [2.05, 4.69) is 4.98 Å². The number of carbonyl (C=O) groups is 1. The van der Waals surface area contributed by atoms with Gasteiger partial charge in [-0.2, -0.15) is 0 Å². The van der Waals surface area contributed by atoms with E-state index in [-0.39, 0.29) is 5.92 Å². The molecule has 7 nitrogen and oxygen atoms in total. The largest absolute Gasteiger partial charge is 0.755 e. The van der Waals surface area contributed by atoms with Crippen LogP contribution in [-0.4, -0.2) is 31.4 Å². The summed E-state index contributed by atoms with van der Waals surface area (Å²) in [5, 5.41) is 0.636. The number of esters is 1. The molecule has 0 radical (unpaired) electrons. The molecule has 0 fully saturated rings. The van der Waals surface area contributed by atoms with Crippen LogP contribution in [0.15, 0.2) is 72.8 Å². The molecule has 0 aliphatic heterocycles.